The summed E-state index contributed by atoms with van der Waals surface area (Å²) in [5.74, 6) is -0.583. The largest absolute Gasteiger partial charge is 0.494 e. The lowest BCUT2D eigenvalue weighted by molar-refractivity contribution is 0.0953. The molecule has 5 heteroatoms. The molecule has 4 nitrogen and oxygen atoms in total. The first kappa shape index (κ1) is 13.8. The Morgan fingerprint density at radius 3 is 2.89 bits per heavy atom. The van der Waals surface area contributed by atoms with Crippen molar-refractivity contribution in [3.05, 3.63) is 29.6 Å². The molecule has 0 bridgehead atoms. The maximum absolute atomic E-state index is 13.2. The first-order chi connectivity index (χ1) is 9.20. The van der Waals surface area contributed by atoms with Gasteiger partial charge in [0.2, 0.25) is 0 Å². The van der Waals surface area contributed by atoms with Crippen molar-refractivity contribution < 1.29 is 13.9 Å². The van der Waals surface area contributed by atoms with Crippen molar-refractivity contribution >= 4 is 5.91 Å². The van der Waals surface area contributed by atoms with E-state index in [2.05, 4.69) is 10.6 Å². The van der Waals surface area contributed by atoms with E-state index >= 15 is 0 Å². The molecule has 1 fully saturated rings. The average molecular weight is 266 g/mol. The quantitative estimate of drug-likeness (QED) is 0.739. The van der Waals surface area contributed by atoms with Crippen LogP contribution in [-0.4, -0.2) is 32.1 Å². The zero-order valence-electron chi connectivity index (χ0n) is 11.0. The summed E-state index contributed by atoms with van der Waals surface area (Å²) in [6.45, 7) is 1.52. The molecule has 0 spiro atoms. The molecule has 2 N–H and O–H groups in total. The molecule has 0 heterocycles. The van der Waals surface area contributed by atoms with E-state index in [4.69, 9.17) is 4.74 Å². The number of carbonyl (C=O) groups is 1. The summed E-state index contributed by atoms with van der Waals surface area (Å²) in [7, 11) is 1.38. The number of rotatable bonds is 7. The van der Waals surface area contributed by atoms with Crippen molar-refractivity contribution in [2.24, 2.45) is 0 Å². The van der Waals surface area contributed by atoms with Crippen molar-refractivity contribution in [1.29, 1.82) is 0 Å². The van der Waals surface area contributed by atoms with Crippen LogP contribution in [-0.2, 0) is 0 Å². The topological polar surface area (TPSA) is 50.4 Å². The maximum Gasteiger partial charge on any atom is 0.251 e. The van der Waals surface area contributed by atoms with Crippen LogP contribution in [0.1, 0.15) is 29.6 Å². The molecule has 0 aromatic heterocycles. The van der Waals surface area contributed by atoms with Crippen molar-refractivity contribution in [2.75, 3.05) is 20.2 Å². The van der Waals surface area contributed by atoms with Crippen LogP contribution >= 0.6 is 0 Å². The molecule has 1 aromatic rings. The van der Waals surface area contributed by atoms with Gasteiger partial charge in [-0.05, 0) is 44.0 Å². The van der Waals surface area contributed by atoms with Gasteiger partial charge < -0.3 is 15.4 Å². The molecule has 0 atom stereocenters. The minimum Gasteiger partial charge on any atom is -0.494 e. The number of hydrogen-bond donors (Lipinski definition) is 2. The van der Waals surface area contributed by atoms with Gasteiger partial charge in [0.15, 0.2) is 11.6 Å². The third-order valence-electron chi connectivity index (χ3n) is 3.06. The number of amides is 1. The van der Waals surface area contributed by atoms with Gasteiger partial charge in [0.05, 0.1) is 7.11 Å². The van der Waals surface area contributed by atoms with Crippen LogP contribution in [0.2, 0.25) is 0 Å². The van der Waals surface area contributed by atoms with Gasteiger partial charge in [0, 0.05) is 18.2 Å². The van der Waals surface area contributed by atoms with Gasteiger partial charge in [-0.15, -0.1) is 0 Å². The van der Waals surface area contributed by atoms with Gasteiger partial charge in [-0.25, -0.2) is 4.39 Å². The van der Waals surface area contributed by atoms with Crippen LogP contribution in [0.15, 0.2) is 18.2 Å². The van der Waals surface area contributed by atoms with E-state index in [1.165, 1.54) is 38.2 Å². The highest BCUT2D eigenvalue weighted by Crippen LogP contribution is 2.18. The monoisotopic (exact) mass is 266 g/mol. The second-order valence-electron chi connectivity index (χ2n) is 4.69. The summed E-state index contributed by atoms with van der Waals surface area (Å²) in [5, 5.41) is 6.18. The minimum atomic E-state index is -0.465. The Bertz CT molecular complexity index is 447. The lowest BCUT2D eigenvalue weighted by atomic mass is 10.2. The molecule has 0 unspecified atom stereocenters. The third kappa shape index (κ3) is 4.21. The summed E-state index contributed by atoms with van der Waals surface area (Å²) in [6, 6.07) is 4.79. The van der Waals surface area contributed by atoms with Crippen molar-refractivity contribution in [1.82, 2.24) is 10.6 Å². The summed E-state index contributed by atoms with van der Waals surface area (Å²) < 4.78 is 18.0. The molecule has 1 saturated carbocycles. The van der Waals surface area contributed by atoms with Crippen molar-refractivity contribution in [3.8, 4) is 5.75 Å². The third-order valence-corrected chi connectivity index (χ3v) is 3.06. The zero-order valence-corrected chi connectivity index (χ0v) is 11.0. The van der Waals surface area contributed by atoms with Crippen molar-refractivity contribution in [2.45, 2.75) is 25.3 Å². The van der Waals surface area contributed by atoms with Crippen LogP contribution in [0.5, 0.6) is 5.75 Å². The molecule has 0 aliphatic heterocycles. The first-order valence-electron chi connectivity index (χ1n) is 6.56. The smallest absolute Gasteiger partial charge is 0.251 e. The van der Waals surface area contributed by atoms with Gasteiger partial charge in [-0.3, -0.25) is 4.79 Å². The molecule has 1 aliphatic rings. The standard InChI is InChI=1S/C14H19FN2O2/c1-19-13-9-10(3-6-12(13)15)14(18)17-8-2-7-16-11-4-5-11/h3,6,9,11,16H,2,4-5,7-8H2,1H3,(H,17,18). The fourth-order valence-corrected chi connectivity index (χ4v) is 1.79. The Kier molecular flexibility index (Phi) is 4.74. The van der Waals surface area contributed by atoms with Crippen molar-refractivity contribution in [3.63, 3.8) is 0 Å². The number of hydrogen-bond acceptors (Lipinski definition) is 3. The fourth-order valence-electron chi connectivity index (χ4n) is 1.79. The second kappa shape index (κ2) is 6.52. The van der Waals surface area contributed by atoms with E-state index in [1.807, 2.05) is 0 Å². The van der Waals surface area contributed by atoms with Gasteiger partial charge in [-0.2, -0.15) is 0 Å². The number of halogens is 1. The Labute approximate surface area is 112 Å². The highest BCUT2D eigenvalue weighted by molar-refractivity contribution is 5.94. The van der Waals surface area contributed by atoms with E-state index in [1.54, 1.807) is 0 Å². The first-order valence-corrected chi connectivity index (χ1v) is 6.56. The predicted octanol–water partition coefficient (Wildman–Crippen LogP) is 1.71. The van der Waals surface area contributed by atoms with Crippen LogP contribution in [0, 0.1) is 5.82 Å². The molecule has 19 heavy (non-hydrogen) atoms. The van der Waals surface area contributed by atoms with E-state index in [-0.39, 0.29) is 11.7 Å². The molecule has 0 saturated heterocycles. The Hall–Kier alpha value is -1.62. The summed E-state index contributed by atoms with van der Waals surface area (Å²) in [6.07, 6.45) is 3.42. The highest BCUT2D eigenvalue weighted by atomic mass is 19.1. The fraction of sp³-hybridized carbons (Fsp3) is 0.500. The van der Waals surface area contributed by atoms with E-state index in [0.717, 1.165) is 13.0 Å². The molecule has 1 amide bonds. The zero-order chi connectivity index (χ0) is 13.7. The molecule has 0 radical (unpaired) electrons. The molecular formula is C14H19FN2O2. The average Bonchev–Trinajstić information content (AvgIpc) is 3.22. The molecule has 1 aromatic carbocycles. The van der Waals surface area contributed by atoms with Gasteiger partial charge in [0.1, 0.15) is 0 Å². The lowest BCUT2D eigenvalue weighted by Gasteiger charge is -2.07. The number of ether oxygens (including phenoxy) is 1. The lowest BCUT2D eigenvalue weighted by Crippen LogP contribution is -2.28. The Morgan fingerprint density at radius 2 is 2.21 bits per heavy atom. The summed E-state index contributed by atoms with van der Waals surface area (Å²) in [5.41, 5.74) is 0.411. The highest BCUT2D eigenvalue weighted by Gasteiger charge is 2.19. The van der Waals surface area contributed by atoms with Gasteiger partial charge >= 0.3 is 0 Å². The van der Waals surface area contributed by atoms with Gasteiger partial charge in [-0.1, -0.05) is 0 Å². The van der Waals surface area contributed by atoms with Crippen LogP contribution in [0.3, 0.4) is 0 Å². The molecule has 2 rings (SSSR count). The molecule has 1 aliphatic carbocycles. The molecular weight excluding hydrogens is 247 g/mol. The van der Waals surface area contributed by atoms with Crippen LogP contribution in [0.4, 0.5) is 4.39 Å². The van der Waals surface area contributed by atoms with Gasteiger partial charge in [0.25, 0.3) is 5.91 Å². The number of benzene rings is 1. The summed E-state index contributed by atoms with van der Waals surface area (Å²) in [4.78, 5) is 11.8. The van der Waals surface area contributed by atoms with Crippen LogP contribution in [0.25, 0.3) is 0 Å². The molecule has 104 valence electrons. The van der Waals surface area contributed by atoms with E-state index in [9.17, 15) is 9.18 Å². The normalized spacial score (nSPS) is 14.2. The number of methoxy groups -OCH3 is 1. The SMILES string of the molecule is COc1cc(C(=O)NCCCNC2CC2)ccc1F. The number of carbonyl (C=O) groups excluding carboxylic acids is 1. The number of nitrogens with one attached hydrogen (secondary N) is 2. The van der Waals surface area contributed by atoms with Crippen LogP contribution < -0.4 is 15.4 Å². The summed E-state index contributed by atoms with van der Waals surface area (Å²) >= 11 is 0. The second-order valence-corrected chi connectivity index (χ2v) is 4.69. The Morgan fingerprint density at radius 1 is 1.42 bits per heavy atom. The maximum atomic E-state index is 13.2. The minimum absolute atomic E-state index is 0.0862. The Balaban J connectivity index is 1.75. The van der Waals surface area contributed by atoms with E-state index in [0.29, 0.717) is 18.2 Å². The van der Waals surface area contributed by atoms with E-state index < -0.39 is 5.82 Å². The predicted molar refractivity (Wildman–Crippen MR) is 70.9 cm³/mol.